The molecule has 2 aromatic rings. The molecule has 2 atom stereocenters. The summed E-state index contributed by atoms with van der Waals surface area (Å²) < 4.78 is 46.8. The van der Waals surface area contributed by atoms with Crippen LogP contribution in [0.1, 0.15) is 39.3 Å². The zero-order valence-corrected chi connectivity index (χ0v) is 15.5. The Morgan fingerprint density at radius 3 is 2.46 bits per heavy atom. The van der Waals surface area contributed by atoms with Crippen molar-refractivity contribution in [3.05, 3.63) is 35.5 Å². The summed E-state index contributed by atoms with van der Waals surface area (Å²) in [5.74, 6) is -1.93. The summed E-state index contributed by atoms with van der Waals surface area (Å²) in [6.45, 7) is 7.50. The van der Waals surface area contributed by atoms with Crippen LogP contribution in [-0.2, 0) is 11.4 Å². The summed E-state index contributed by atoms with van der Waals surface area (Å²) >= 11 is -1.27. The molecule has 1 aromatic heterocycles. The lowest BCUT2D eigenvalue weighted by atomic mass is 10.0. The van der Waals surface area contributed by atoms with Gasteiger partial charge < -0.3 is 9.29 Å². The second-order valence-electron chi connectivity index (χ2n) is 6.59. The quantitative estimate of drug-likeness (QED) is 0.778. The highest BCUT2D eigenvalue weighted by Gasteiger charge is 2.35. The van der Waals surface area contributed by atoms with Gasteiger partial charge in [-0.25, -0.2) is 13.8 Å². The molecule has 1 aromatic carbocycles. The third-order valence-corrected chi connectivity index (χ3v) is 5.80. The maximum absolute atomic E-state index is 14.3. The van der Waals surface area contributed by atoms with Gasteiger partial charge in [0.2, 0.25) is 5.88 Å². The van der Waals surface area contributed by atoms with Gasteiger partial charge in [0.05, 0.1) is 18.5 Å². The van der Waals surface area contributed by atoms with Crippen molar-refractivity contribution in [2.45, 2.75) is 38.5 Å². The van der Waals surface area contributed by atoms with Crippen LogP contribution in [0.5, 0.6) is 5.88 Å². The van der Waals surface area contributed by atoms with Gasteiger partial charge in [0.25, 0.3) is 0 Å². The molecule has 0 aliphatic heterocycles. The van der Waals surface area contributed by atoms with E-state index in [2.05, 4.69) is 4.98 Å². The lowest BCUT2D eigenvalue weighted by molar-refractivity contribution is 0.380. The van der Waals surface area contributed by atoms with Crippen molar-refractivity contribution in [3.63, 3.8) is 0 Å². The van der Waals surface area contributed by atoms with Crippen LogP contribution in [0.25, 0.3) is 10.8 Å². The second-order valence-corrected chi connectivity index (χ2v) is 8.89. The summed E-state index contributed by atoms with van der Waals surface area (Å²) in [5.41, 5.74) is 0.657. The largest absolute Gasteiger partial charge is 0.597 e. The maximum Gasteiger partial charge on any atom is 0.224 e. The molecule has 0 N–H and O–H groups in total. The Bertz CT molecular complexity index is 749. The predicted octanol–water partition coefficient (Wildman–Crippen LogP) is 3.98. The van der Waals surface area contributed by atoms with Crippen LogP contribution in [0.3, 0.4) is 0 Å². The van der Waals surface area contributed by atoms with E-state index in [1.807, 2.05) is 27.7 Å². The molecule has 132 valence electrons. The lowest BCUT2D eigenvalue weighted by Gasteiger charge is -2.34. The van der Waals surface area contributed by atoms with E-state index >= 15 is 0 Å². The van der Waals surface area contributed by atoms with Crippen molar-refractivity contribution >= 4 is 22.1 Å². The van der Waals surface area contributed by atoms with Crippen molar-refractivity contribution < 1.29 is 18.1 Å². The molecular weight excluding hydrogens is 334 g/mol. The van der Waals surface area contributed by atoms with Crippen LogP contribution >= 0.6 is 0 Å². The number of hydrogen-bond acceptors (Lipinski definition) is 4. The molecule has 0 amide bonds. The first-order valence-electron chi connectivity index (χ1n) is 7.55. The number of pyridine rings is 1. The molecule has 4 nitrogen and oxygen atoms in total. The fourth-order valence-electron chi connectivity index (χ4n) is 2.52. The maximum atomic E-state index is 14.3. The van der Waals surface area contributed by atoms with Gasteiger partial charge in [0.15, 0.2) is 11.6 Å². The Hall–Kier alpha value is -1.44. The number of aromatic nitrogens is 1. The van der Waals surface area contributed by atoms with Gasteiger partial charge in [0, 0.05) is 30.2 Å². The molecule has 0 aliphatic carbocycles. The van der Waals surface area contributed by atoms with E-state index in [4.69, 9.17) is 4.74 Å². The zero-order chi connectivity index (χ0) is 18.2. The monoisotopic (exact) mass is 356 g/mol. The Labute approximate surface area is 144 Å². The third-order valence-electron chi connectivity index (χ3n) is 3.91. The minimum atomic E-state index is -1.27. The Kier molecular flexibility index (Phi) is 5.37. The average Bonchev–Trinajstić information content (AvgIpc) is 2.54. The standard InChI is InChI=1S/C17H22F2N2O2S/c1-10(21(5)24(22)17(2,3)4)12-9-20-16(23-6)14-11(12)7-8-13(18)15(14)19/h7-10H,1-6H3/t10-,24-/m0/s1. The molecule has 0 fully saturated rings. The topological polar surface area (TPSA) is 48.4 Å². The first-order valence-corrected chi connectivity index (χ1v) is 8.65. The fourth-order valence-corrected chi connectivity index (χ4v) is 3.79. The first kappa shape index (κ1) is 18.9. The van der Waals surface area contributed by atoms with Gasteiger partial charge in [-0.1, -0.05) is 6.07 Å². The van der Waals surface area contributed by atoms with Crippen LogP contribution < -0.4 is 4.74 Å². The molecule has 7 heteroatoms. The Balaban J connectivity index is 2.60. The van der Waals surface area contributed by atoms with E-state index in [1.54, 1.807) is 17.5 Å². The second kappa shape index (κ2) is 6.82. The third kappa shape index (κ3) is 3.34. The Morgan fingerprint density at radius 1 is 1.29 bits per heavy atom. The summed E-state index contributed by atoms with van der Waals surface area (Å²) in [6.07, 6.45) is 1.56. The van der Waals surface area contributed by atoms with E-state index in [-0.39, 0.29) is 17.3 Å². The van der Waals surface area contributed by atoms with Crippen molar-refractivity contribution in [2.24, 2.45) is 0 Å². The summed E-state index contributed by atoms with van der Waals surface area (Å²) in [4.78, 5) is 4.10. The van der Waals surface area contributed by atoms with Crippen LogP contribution in [0, 0.1) is 11.6 Å². The van der Waals surface area contributed by atoms with Crippen LogP contribution in [0.15, 0.2) is 18.3 Å². The highest BCUT2D eigenvalue weighted by Crippen LogP contribution is 2.36. The molecule has 0 bridgehead atoms. The fraction of sp³-hybridized carbons (Fsp3) is 0.471. The van der Waals surface area contributed by atoms with Crippen LogP contribution in [-0.4, -0.2) is 32.7 Å². The molecule has 0 spiro atoms. The summed E-state index contributed by atoms with van der Waals surface area (Å²) in [6, 6.07) is 2.27. The summed E-state index contributed by atoms with van der Waals surface area (Å²) in [5, 5.41) is 0.489. The molecule has 0 saturated carbocycles. The normalized spacial score (nSPS) is 14.9. The first-order chi connectivity index (χ1) is 11.1. The van der Waals surface area contributed by atoms with E-state index in [1.165, 1.54) is 13.2 Å². The molecule has 1 heterocycles. The average molecular weight is 356 g/mol. The minimum absolute atomic E-state index is 0.00297. The van der Waals surface area contributed by atoms with Crippen LogP contribution in [0.4, 0.5) is 8.78 Å². The minimum Gasteiger partial charge on any atom is -0.597 e. The number of benzene rings is 1. The van der Waals surface area contributed by atoms with Crippen molar-refractivity contribution in [3.8, 4) is 5.88 Å². The van der Waals surface area contributed by atoms with Crippen molar-refractivity contribution in [2.75, 3.05) is 14.2 Å². The van der Waals surface area contributed by atoms with Gasteiger partial charge in [-0.05, 0) is 39.1 Å². The van der Waals surface area contributed by atoms with Crippen molar-refractivity contribution in [1.29, 1.82) is 0 Å². The SMILES string of the molecule is COc1ncc([C@H](C)N(C)[S@@+]([O-])C(C)(C)C)c2ccc(F)c(F)c12. The highest BCUT2D eigenvalue weighted by atomic mass is 32.2. The van der Waals surface area contributed by atoms with Gasteiger partial charge in [-0.2, -0.15) is 0 Å². The van der Waals surface area contributed by atoms with Gasteiger partial charge in [-0.3, -0.25) is 0 Å². The van der Waals surface area contributed by atoms with Gasteiger partial charge >= 0.3 is 0 Å². The lowest BCUT2D eigenvalue weighted by Crippen LogP contribution is -2.42. The number of nitrogens with zero attached hydrogens (tertiary/aromatic N) is 2. The molecule has 0 saturated heterocycles. The van der Waals surface area contributed by atoms with Gasteiger partial charge in [0.1, 0.15) is 4.75 Å². The molecule has 2 rings (SSSR count). The highest BCUT2D eigenvalue weighted by molar-refractivity contribution is 7.90. The van der Waals surface area contributed by atoms with E-state index in [9.17, 15) is 13.3 Å². The molecule has 24 heavy (non-hydrogen) atoms. The van der Waals surface area contributed by atoms with Crippen LogP contribution in [0.2, 0.25) is 0 Å². The number of hydrogen-bond donors (Lipinski definition) is 0. The van der Waals surface area contributed by atoms with Gasteiger partial charge in [-0.15, -0.1) is 4.31 Å². The van der Waals surface area contributed by atoms with E-state index < -0.39 is 27.7 Å². The number of rotatable bonds is 4. The molecular formula is C17H22F2N2O2S. The number of methoxy groups -OCH3 is 1. The van der Waals surface area contributed by atoms with Crippen molar-refractivity contribution in [1.82, 2.24) is 9.29 Å². The van der Waals surface area contributed by atoms with E-state index in [0.717, 1.165) is 6.07 Å². The molecule has 0 unspecified atom stereocenters. The number of halogens is 2. The number of ether oxygens (including phenoxy) is 1. The summed E-state index contributed by atoms with van der Waals surface area (Å²) in [7, 11) is 3.10. The molecule has 0 radical (unpaired) electrons. The smallest absolute Gasteiger partial charge is 0.224 e. The van der Waals surface area contributed by atoms with E-state index in [0.29, 0.717) is 10.9 Å². The number of fused-ring (bicyclic) bond motifs is 1. The zero-order valence-electron chi connectivity index (χ0n) is 14.7. The molecule has 0 aliphatic rings. The predicted molar refractivity (Wildman–Crippen MR) is 92.3 cm³/mol. The Morgan fingerprint density at radius 2 is 1.92 bits per heavy atom.